The Bertz CT molecular complexity index is 474. The molecule has 1 aliphatic rings. The van der Waals surface area contributed by atoms with E-state index in [1.807, 2.05) is 6.07 Å². The third kappa shape index (κ3) is 3.64. The van der Waals surface area contributed by atoms with Gasteiger partial charge in [0.1, 0.15) is 6.04 Å². The molecule has 2 rings (SSSR count). The molecule has 0 bridgehead atoms. The molecule has 1 fully saturated rings. The Hall–Kier alpha value is -1.73. The van der Waals surface area contributed by atoms with E-state index in [2.05, 4.69) is 11.4 Å². The second-order valence-electron chi connectivity index (χ2n) is 5.35. The molecule has 0 heterocycles. The van der Waals surface area contributed by atoms with Crippen molar-refractivity contribution in [1.82, 2.24) is 5.32 Å². The van der Waals surface area contributed by atoms with Gasteiger partial charge in [-0.05, 0) is 30.5 Å². The maximum absolute atomic E-state index is 9.82. The van der Waals surface area contributed by atoms with Crippen LogP contribution in [0.3, 0.4) is 0 Å². The predicted octanol–water partition coefficient (Wildman–Crippen LogP) is 3.28. The molecule has 2 N–H and O–H groups in total. The molecular formula is C16H22N2O2. The lowest BCUT2D eigenvalue weighted by Gasteiger charge is -2.21. The zero-order valence-corrected chi connectivity index (χ0v) is 11.9. The Morgan fingerprint density at radius 2 is 2.00 bits per heavy atom. The minimum Gasteiger partial charge on any atom is -0.504 e. The Morgan fingerprint density at radius 3 is 2.55 bits per heavy atom. The lowest BCUT2D eigenvalue weighted by molar-refractivity contribution is 0.372. The maximum atomic E-state index is 9.82. The van der Waals surface area contributed by atoms with Crippen LogP contribution in [0.4, 0.5) is 0 Å². The zero-order valence-electron chi connectivity index (χ0n) is 11.9. The summed E-state index contributed by atoms with van der Waals surface area (Å²) in [4.78, 5) is 0. The molecule has 1 aromatic carbocycles. The lowest BCUT2D eigenvalue weighted by Crippen LogP contribution is -2.31. The summed E-state index contributed by atoms with van der Waals surface area (Å²) in [5, 5.41) is 22.6. The van der Waals surface area contributed by atoms with E-state index >= 15 is 0 Å². The van der Waals surface area contributed by atoms with Crippen LogP contribution in [0.1, 0.15) is 50.1 Å². The Morgan fingerprint density at radius 1 is 1.30 bits per heavy atom. The topological polar surface area (TPSA) is 65.3 Å². The third-order valence-electron chi connectivity index (χ3n) is 3.92. The van der Waals surface area contributed by atoms with Gasteiger partial charge in [0.2, 0.25) is 0 Å². The molecule has 1 atom stereocenters. The first-order valence-electron chi connectivity index (χ1n) is 7.27. The van der Waals surface area contributed by atoms with Crippen LogP contribution < -0.4 is 10.1 Å². The number of hydrogen-bond donors (Lipinski definition) is 2. The van der Waals surface area contributed by atoms with Gasteiger partial charge in [-0.2, -0.15) is 5.26 Å². The molecule has 108 valence electrons. The smallest absolute Gasteiger partial charge is 0.160 e. The maximum Gasteiger partial charge on any atom is 0.160 e. The van der Waals surface area contributed by atoms with Crippen molar-refractivity contribution in [1.29, 1.82) is 5.26 Å². The quantitative estimate of drug-likeness (QED) is 0.827. The fraction of sp³-hybridized carbons (Fsp3) is 0.562. The Labute approximate surface area is 120 Å². The number of methoxy groups -OCH3 is 1. The number of aromatic hydroxyl groups is 1. The van der Waals surface area contributed by atoms with Gasteiger partial charge in [0, 0.05) is 6.04 Å². The highest BCUT2D eigenvalue weighted by molar-refractivity contribution is 5.43. The van der Waals surface area contributed by atoms with Gasteiger partial charge in [-0.1, -0.05) is 31.7 Å². The van der Waals surface area contributed by atoms with E-state index in [-0.39, 0.29) is 11.8 Å². The number of phenolic OH excluding ortho intramolecular Hbond substituents is 1. The number of phenols is 1. The van der Waals surface area contributed by atoms with Crippen LogP contribution in [0, 0.1) is 11.3 Å². The minimum atomic E-state index is -0.380. The van der Waals surface area contributed by atoms with E-state index < -0.39 is 0 Å². The molecule has 1 saturated carbocycles. The standard InChI is InChI=1S/C16H22N2O2/c1-20-16-9-8-12(10-15(16)19)14(11-17)18-13-6-4-2-3-5-7-13/h8-10,13-14,18-19H,2-7H2,1H3. The first kappa shape index (κ1) is 14.7. The van der Waals surface area contributed by atoms with Crippen LogP contribution in [-0.2, 0) is 0 Å². The molecule has 1 aromatic rings. The van der Waals surface area contributed by atoms with Gasteiger partial charge in [-0.25, -0.2) is 0 Å². The molecule has 0 radical (unpaired) electrons. The van der Waals surface area contributed by atoms with E-state index in [1.165, 1.54) is 32.8 Å². The van der Waals surface area contributed by atoms with E-state index in [4.69, 9.17) is 4.74 Å². The first-order chi connectivity index (χ1) is 9.74. The minimum absolute atomic E-state index is 0.0768. The fourth-order valence-electron chi connectivity index (χ4n) is 2.78. The Balaban J connectivity index is 2.07. The molecule has 0 saturated heterocycles. The summed E-state index contributed by atoms with van der Waals surface area (Å²) >= 11 is 0. The van der Waals surface area contributed by atoms with Crippen molar-refractivity contribution in [3.63, 3.8) is 0 Å². The normalized spacial score (nSPS) is 18.0. The van der Waals surface area contributed by atoms with Crippen LogP contribution in [0.2, 0.25) is 0 Å². The van der Waals surface area contributed by atoms with Crippen LogP contribution in [0.15, 0.2) is 18.2 Å². The molecule has 0 aliphatic heterocycles. The molecular weight excluding hydrogens is 252 g/mol. The number of ether oxygens (including phenoxy) is 1. The summed E-state index contributed by atoms with van der Waals surface area (Å²) in [6.07, 6.45) is 7.28. The van der Waals surface area contributed by atoms with Gasteiger partial charge in [0.25, 0.3) is 0 Å². The number of nitrogens with zero attached hydrogens (tertiary/aromatic N) is 1. The monoisotopic (exact) mass is 274 g/mol. The summed E-state index contributed by atoms with van der Waals surface area (Å²) in [6, 6.07) is 7.44. The number of benzene rings is 1. The van der Waals surface area contributed by atoms with Crippen LogP contribution in [0.25, 0.3) is 0 Å². The SMILES string of the molecule is COc1ccc(C(C#N)NC2CCCCCC2)cc1O. The first-order valence-corrected chi connectivity index (χ1v) is 7.27. The highest BCUT2D eigenvalue weighted by Gasteiger charge is 2.19. The summed E-state index contributed by atoms with van der Waals surface area (Å²) in [7, 11) is 1.51. The molecule has 0 amide bonds. The highest BCUT2D eigenvalue weighted by atomic mass is 16.5. The van der Waals surface area contributed by atoms with Crippen molar-refractivity contribution >= 4 is 0 Å². The number of hydrogen-bond acceptors (Lipinski definition) is 4. The summed E-state index contributed by atoms with van der Waals surface area (Å²) in [5.74, 6) is 0.507. The molecule has 1 unspecified atom stereocenters. The van der Waals surface area contributed by atoms with E-state index in [0.29, 0.717) is 11.8 Å². The van der Waals surface area contributed by atoms with Gasteiger partial charge >= 0.3 is 0 Å². The van der Waals surface area contributed by atoms with E-state index in [9.17, 15) is 10.4 Å². The van der Waals surface area contributed by atoms with Gasteiger partial charge in [-0.15, -0.1) is 0 Å². The third-order valence-corrected chi connectivity index (χ3v) is 3.92. The highest BCUT2D eigenvalue weighted by Crippen LogP contribution is 2.29. The molecule has 1 aliphatic carbocycles. The van der Waals surface area contributed by atoms with Crippen molar-refractivity contribution in [2.75, 3.05) is 7.11 Å². The molecule has 4 heteroatoms. The van der Waals surface area contributed by atoms with Crippen molar-refractivity contribution < 1.29 is 9.84 Å². The van der Waals surface area contributed by atoms with Crippen molar-refractivity contribution in [3.8, 4) is 17.6 Å². The van der Waals surface area contributed by atoms with Gasteiger partial charge < -0.3 is 9.84 Å². The molecule has 0 aromatic heterocycles. The van der Waals surface area contributed by atoms with Crippen LogP contribution >= 0.6 is 0 Å². The largest absolute Gasteiger partial charge is 0.504 e. The van der Waals surface area contributed by atoms with Crippen molar-refractivity contribution in [3.05, 3.63) is 23.8 Å². The number of rotatable bonds is 4. The second-order valence-corrected chi connectivity index (χ2v) is 5.35. The second kappa shape index (κ2) is 7.16. The average molecular weight is 274 g/mol. The zero-order chi connectivity index (χ0) is 14.4. The van der Waals surface area contributed by atoms with Gasteiger partial charge in [0.05, 0.1) is 13.2 Å². The molecule has 20 heavy (non-hydrogen) atoms. The molecule has 4 nitrogen and oxygen atoms in total. The van der Waals surface area contributed by atoms with Crippen molar-refractivity contribution in [2.24, 2.45) is 0 Å². The van der Waals surface area contributed by atoms with Crippen LogP contribution in [0.5, 0.6) is 11.5 Å². The van der Waals surface area contributed by atoms with Gasteiger partial charge in [0.15, 0.2) is 11.5 Å². The summed E-state index contributed by atoms with van der Waals surface area (Å²) in [6.45, 7) is 0. The van der Waals surface area contributed by atoms with E-state index in [0.717, 1.165) is 18.4 Å². The summed E-state index contributed by atoms with van der Waals surface area (Å²) < 4.78 is 5.03. The number of nitrogens with one attached hydrogen (secondary N) is 1. The fourth-order valence-corrected chi connectivity index (χ4v) is 2.78. The lowest BCUT2D eigenvalue weighted by atomic mass is 10.0. The van der Waals surface area contributed by atoms with Crippen LogP contribution in [-0.4, -0.2) is 18.3 Å². The summed E-state index contributed by atoms with van der Waals surface area (Å²) in [5.41, 5.74) is 0.787. The van der Waals surface area contributed by atoms with Crippen molar-refractivity contribution in [2.45, 2.75) is 50.6 Å². The van der Waals surface area contributed by atoms with Gasteiger partial charge in [-0.3, -0.25) is 5.32 Å². The predicted molar refractivity (Wildman–Crippen MR) is 77.6 cm³/mol. The number of nitriles is 1. The Kier molecular flexibility index (Phi) is 5.25. The average Bonchev–Trinajstić information content (AvgIpc) is 2.73. The molecule has 0 spiro atoms. The van der Waals surface area contributed by atoms with E-state index in [1.54, 1.807) is 12.1 Å².